The highest BCUT2D eigenvalue weighted by molar-refractivity contribution is 7.99. The predicted octanol–water partition coefficient (Wildman–Crippen LogP) is 4.29. The van der Waals surface area contributed by atoms with Gasteiger partial charge in [-0.2, -0.15) is 13.2 Å². The van der Waals surface area contributed by atoms with Crippen molar-refractivity contribution in [2.75, 3.05) is 11.1 Å². The van der Waals surface area contributed by atoms with Crippen LogP contribution in [-0.4, -0.2) is 26.6 Å². The van der Waals surface area contributed by atoms with E-state index >= 15 is 0 Å². The minimum absolute atomic E-state index is 0.125. The molecule has 3 aromatic rings. The Labute approximate surface area is 157 Å². The van der Waals surface area contributed by atoms with Crippen molar-refractivity contribution in [2.45, 2.75) is 11.3 Å². The first kappa shape index (κ1) is 18.8. The van der Waals surface area contributed by atoms with Gasteiger partial charge >= 0.3 is 6.18 Å². The lowest BCUT2D eigenvalue weighted by Crippen LogP contribution is -2.15. The van der Waals surface area contributed by atoms with E-state index in [0.29, 0.717) is 11.4 Å². The van der Waals surface area contributed by atoms with E-state index in [1.807, 2.05) is 0 Å². The highest BCUT2D eigenvalue weighted by atomic mass is 32.2. The maximum absolute atomic E-state index is 13.2. The first-order chi connectivity index (χ1) is 12.9. The number of aromatic nitrogens is 3. The second kappa shape index (κ2) is 8.17. The van der Waals surface area contributed by atoms with Crippen LogP contribution in [0.15, 0.2) is 66.0 Å². The molecule has 2 aromatic heterocycles. The Morgan fingerprint density at radius 2 is 1.78 bits per heavy atom. The molecule has 0 saturated heterocycles. The quantitative estimate of drug-likeness (QED) is 0.520. The van der Waals surface area contributed by atoms with Crippen molar-refractivity contribution in [3.05, 3.63) is 66.5 Å². The number of rotatable bonds is 5. The number of alkyl halides is 3. The number of thioether (sulfide) groups is 1. The fraction of sp³-hybridized carbons (Fsp3) is 0.111. The van der Waals surface area contributed by atoms with Gasteiger partial charge in [-0.1, -0.05) is 48.2 Å². The third-order valence-corrected chi connectivity index (χ3v) is 4.18. The Morgan fingerprint density at radius 3 is 2.44 bits per heavy atom. The van der Waals surface area contributed by atoms with Crippen molar-refractivity contribution in [1.29, 1.82) is 0 Å². The molecular formula is C18H13F3N4OS. The van der Waals surface area contributed by atoms with Crippen molar-refractivity contribution in [3.8, 4) is 11.3 Å². The third kappa shape index (κ3) is 5.27. The van der Waals surface area contributed by atoms with E-state index in [9.17, 15) is 18.0 Å². The Hall–Kier alpha value is -2.94. The Balaban J connectivity index is 1.79. The van der Waals surface area contributed by atoms with Gasteiger partial charge in [-0.3, -0.25) is 4.79 Å². The molecule has 1 aromatic carbocycles. The molecule has 0 atom stereocenters. The van der Waals surface area contributed by atoms with Gasteiger partial charge in [0.25, 0.3) is 0 Å². The van der Waals surface area contributed by atoms with E-state index in [1.165, 1.54) is 6.20 Å². The molecule has 5 nitrogen and oxygen atoms in total. The van der Waals surface area contributed by atoms with Crippen LogP contribution in [0, 0.1) is 0 Å². The van der Waals surface area contributed by atoms with E-state index in [2.05, 4.69) is 20.3 Å². The number of benzene rings is 1. The Bertz CT molecular complexity index is 921. The topological polar surface area (TPSA) is 67.8 Å². The lowest BCUT2D eigenvalue weighted by molar-refractivity contribution is -0.141. The summed E-state index contributed by atoms with van der Waals surface area (Å²) >= 11 is 0.825. The molecule has 0 fully saturated rings. The van der Waals surface area contributed by atoms with Crippen LogP contribution in [0.1, 0.15) is 5.69 Å². The molecule has 1 N–H and O–H groups in total. The molecule has 0 aliphatic rings. The summed E-state index contributed by atoms with van der Waals surface area (Å²) in [6, 6.07) is 14.4. The standard InChI is InChI=1S/C18H13F3N4OS/c19-18(20,21)14-10-13(12-6-2-1-3-7-12)23-17(24-14)27-11-16(26)25-15-8-4-5-9-22-15/h1-10H,11H2,(H,22,25,26). The zero-order chi connectivity index (χ0) is 19.3. The predicted molar refractivity (Wildman–Crippen MR) is 96.1 cm³/mol. The number of hydrogen-bond donors (Lipinski definition) is 1. The summed E-state index contributed by atoms with van der Waals surface area (Å²) < 4.78 is 39.5. The zero-order valence-electron chi connectivity index (χ0n) is 13.8. The molecule has 3 rings (SSSR count). The molecule has 0 unspecified atom stereocenters. The number of amides is 1. The van der Waals surface area contributed by atoms with Crippen molar-refractivity contribution in [3.63, 3.8) is 0 Å². The number of pyridine rings is 1. The normalized spacial score (nSPS) is 11.2. The minimum Gasteiger partial charge on any atom is -0.310 e. The third-order valence-electron chi connectivity index (χ3n) is 3.33. The number of carbonyl (C=O) groups is 1. The molecule has 27 heavy (non-hydrogen) atoms. The highest BCUT2D eigenvalue weighted by Crippen LogP contribution is 2.31. The average Bonchev–Trinajstić information content (AvgIpc) is 2.67. The van der Waals surface area contributed by atoms with Gasteiger partial charge < -0.3 is 5.32 Å². The lowest BCUT2D eigenvalue weighted by Gasteiger charge is -2.10. The molecule has 9 heteroatoms. The van der Waals surface area contributed by atoms with E-state index in [1.54, 1.807) is 48.5 Å². The minimum atomic E-state index is -4.61. The second-order valence-corrected chi connectivity index (χ2v) is 6.28. The smallest absolute Gasteiger partial charge is 0.310 e. The molecule has 0 aliphatic heterocycles. The van der Waals surface area contributed by atoms with E-state index in [-0.39, 0.29) is 16.6 Å². The number of anilines is 1. The van der Waals surface area contributed by atoms with Crippen LogP contribution in [0.5, 0.6) is 0 Å². The lowest BCUT2D eigenvalue weighted by atomic mass is 10.1. The fourth-order valence-corrected chi connectivity index (χ4v) is 2.80. The van der Waals surface area contributed by atoms with Crippen LogP contribution in [0.3, 0.4) is 0 Å². The number of hydrogen-bond acceptors (Lipinski definition) is 5. The number of nitrogens with zero attached hydrogens (tertiary/aromatic N) is 3. The van der Waals surface area contributed by atoms with Gasteiger partial charge in [0.15, 0.2) is 5.16 Å². The number of nitrogens with one attached hydrogen (secondary N) is 1. The van der Waals surface area contributed by atoms with Gasteiger partial charge in [0, 0.05) is 11.8 Å². The maximum Gasteiger partial charge on any atom is 0.433 e. The van der Waals surface area contributed by atoms with Crippen molar-refractivity contribution in [2.24, 2.45) is 0 Å². The summed E-state index contributed by atoms with van der Waals surface area (Å²) in [5, 5.41) is 2.43. The summed E-state index contributed by atoms with van der Waals surface area (Å²) in [6.45, 7) is 0. The zero-order valence-corrected chi connectivity index (χ0v) is 14.6. The summed E-state index contributed by atoms with van der Waals surface area (Å²) in [7, 11) is 0. The summed E-state index contributed by atoms with van der Waals surface area (Å²) in [5.41, 5.74) is -0.375. The van der Waals surface area contributed by atoms with Crippen molar-refractivity contribution >= 4 is 23.5 Å². The fourth-order valence-electron chi connectivity index (χ4n) is 2.14. The SMILES string of the molecule is O=C(CSc1nc(-c2ccccc2)cc(C(F)(F)F)n1)Nc1ccccn1. The van der Waals surface area contributed by atoms with Gasteiger partial charge in [0.2, 0.25) is 5.91 Å². The highest BCUT2D eigenvalue weighted by Gasteiger charge is 2.33. The molecular weight excluding hydrogens is 377 g/mol. The van der Waals surface area contributed by atoms with Crippen LogP contribution < -0.4 is 5.32 Å². The van der Waals surface area contributed by atoms with E-state index in [0.717, 1.165) is 17.8 Å². The monoisotopic (exact) mass is 390 g/mol. The largest absolute Gasteiger partial charge is 0.433 e. The van der Waals surface area contributed by atoms with Gasteiger partial charge in [0.05, 0.1) is 11.4 Å². The summed E-state index contributed by atoms with van der Waals surface area (Å²) in [5.74, 6) is -0.203. The molecule has 138 valence electrons. The molecule has 0 saturated carbocycles. The molecule has 0 radical (unpaired) electrons. The van der Waals surface area contributed by atoms with Gasteiger partial charge in [-0.05, 0) is 18.2 Å². The van der Waals surface area contributed by atoms with E-state index in [4.69, 9.17) is 0 Å². The average molecular weight is 390 g/mol. The van der Waals surface area contributed by atoms with Crippen molar-refractivity contribution in [1.82, 2.24) is 15.0 Å². The Kier molecular flexibility index (Phi) is 5.70. The van der Waals surface area contributed by atoms with Crippen molar-refractivity contribution < 1.29 is 18.0 Å². The molecule has 0 aliphatic carbocycles. The molecule has 2 heterocycles. The van der Waals surface area contributed by atoms with Crippen LogP contribution in [-0.2, 0) is 11.0 Å². The molecule has 0 spiro atoms. The number of halogens is 3. The number of carbonyl (C=O) groups excluding carboxylic acids is 1. The summed E-state index contributed by atoms with van der Waals surface area (Å²) in [6.07, 6.45) is -3.09. The van der Waals surface area contributed by atoms with Gasteiger partial charge in [-0.25, -0.2) is 15.0 Å². The van der Waals surface area contributed by atoms with Crippen LogP contribution in [0.25, 0.3) is 11.3 Å². The van der Waals surface area contributed by atoms with Crippen LogP contribution in [0.2, 0.25) is 0 Å². The van der Waals surface area contributed by atoms with E-state index < -0.39 is 17.8 Å². The Morgan fingerprint density at radius 1 is 1.04 bits per heavy atom. The second-order valence-electron chi connectivity index (χ2n) is 5.34. The molecule has 1 amide bonds. The van der Waals surface area contributed by atoms with Gasteiger partial charge in [-0.15, -0.1) is 0 Å². The summed E-state index contributed by atoms with van der Waals surface area (Å²) in [4.78, 5) is 23.6. The van der Waals surface area contributed by atoms with Crippen LogP contribution in [0.4, 0.5) is 19.0 Å². The van der Waals surface area contributed by atoms with Gasteiger partial charge in [0.1, 0.15) is 11.5 Å². The first-order valence-corrected chi connectivity index (χ1v) is 8.76. The van der Waals surface area contributed by atoms with Crippen LogP contribution >= 0.6 is 11.8 Å². The maximum atomic E-state index is 13.2. The molecule has 0 bridgehead atoms. The first-order valence-electron chi connectivity index (χ1n) is 7.77.